The number of aryl methyl sites for hydroxylation is 1. The lowest BCUT2D eigenvalue weighted by Gasteiger charge is -2.11. The molecule has 4 nitrogen and oxygen atoms in total. The Hall–Kier alpha value is -1.53. The number of rotatable bonds is 4. The minimum Gasteiger partial charge on any atom is -0.436 e. The molecule has 2 N–H and O–H groups in total. The van der Waals surface area contributed by atoms with Crippen molar-refractivity contribution in [3.63, 3.8) is 0 Å². The summed E-state index contributed by atoms with van der Waals surface area (Å²) in [6, 6.07) is 5.35. The maximum Gasteiger partial charge on any atom is 0.259 e. The zero-order valence-corrected chi connectivity index (χ0v) is 11.9. The highest BCUT2D eigenvalue weighted by molar-refractivity contribution is 9.10. The van der Waals surface area contributed by atoms with Gasteiger partial charge in [-0.3, -0.25) is 0 Å². The van der Waals surface area contributed by atoms with Crippen LogP contribution in [-0.4, -0.2) is 9.97 Å². The van der Waals surface area contributed by atoms with Gasteiger partial charge in [-0.15, -0.1) is 0 Å². The van der Waals surface area contributed by atoms with E-state index in [9.17, 15) is 4.39 Å². The molecule has 0 unspecified atom stereocenters. The lowest BCUT2D eigenvalue weighted by Crippen LogP contribution is -2.03. The summed E-state index contributed by atoms with van der Waals surface area (Å²) in [6.07, 6.45) is 1.77. The van der Waals surface area contributed by atoms with Crippen LogP contribution in [0.5, 0.6) is 11.6 Å². The predicted octanol–water partition coefficient (Wildman–Crippen LogP) is 3.19. The van der Waals surface area contributed by atoms with Crippen LogP contribution in [0.15, 0.2) is 29.0 Å². The number of ether oxygens (including phenoxy) is 1. The third-order valence-electron chi connectivity index (χ3n) is 2.61. The highest BCUT2D eigenvalue weighted by atomic mass is 79.9. The smallest absolute Gasteiger partial charge is 0.259 e. The summed E-state index contributed by atoms with van der Waals surface area (Å²) in [6.45, 7) is 2.11. The average molecular weight is 326 g/mol. The Bertz CT molecular complexity index is 592. The number of nitrogens with two attached hydrogens (primary N) is 1. The molecule has 2 aromatic rings. The molecule has 1 aromatic heterocycles. The Morgan fingerprint density at radius 3 is 2.84 bits per heavy atom. The molecule has 0 spiro atoms. The molecular formula is C13H13BrFN3O. The molecule has 100 valence electrons. The second-order valence-corrected chi connectivity index (χ2v) is 4.77. The molecule has 0 saturated heterocycles. The number of halogens is 2. The largest absolute Gasteiger partial charge is 0.436 e. The third-order valence-corrected chi connectivity index (χ3v) is 3.11. The second kappa shape index (κ2) is 6.08. The van der Waals surface area contributed by atoms with Crippen LogP contribution in [0, 0.1) is 5.82 Å². The van der Waals surface area contributed by atoms with Crippen molar-refractivity contribution in [1.82, 2.24) is 9.97 Å². The summed E-state index contributed by atoms with van der Waals surface area (Å²) in [4.78, 5) is 7.68. The monoisotopic (exact) mass is 325 g/mol. The molecule has 0 aliphatic rings. The minimum absolute atomic E-state index is 0.0797. The number of nitrogens with zero attached hydrogens (tertiary/aromatic N) is 2. The van der Waals surface area contributed by atoms with E-state index < -0.39 is 5.82 Å². The van der Waals surface area contributed by atoms with E-state index in [1.807, 2.05) is 13.0 Å². The summed E-state index contributed by atoms with van der Waals surface area (Å²) in [5.74, 6) is -0.120. The molecule has 0 aliphatic heterocycles. The number of benzene rings is 1. The van der Waals surface area contributed by atoms with E-state index in [1.54, 1.807) is 12.1 Å². The molecule has 1 heterocycles. The van der Waals surface area contributed by atoms with E-state index in [-0.39, 0.29) is 5.88 Å². The SMILES string of the molecule is CCc1ncnc(Oc2ccc(Br)cc2CN)c1F. The summed E-state index contributed by atoms with van der Waals surface area (Å²) < 4.78 is 20.4. The molecule has 0 aliphatic carbocycles. The maximum absolute atomic E-state index is 14.0. The Balaban J connectivity index is 2.36. The van der Waals surface area contributed by atoms with Crippen molar-refractivity contribution in [1.29, 1.82) is 0 Å². The van der Waals surface area contributed by atoms with Crippen molar-refractivity contribution in [2.45, 2.75) is 19.9 Å². The molecule has 0 saturated carbocycles. The van der Waals surface area contributed by atoms with E-state index in [4.69, 9.17) is 10.5 Å². The van der Waals surface area contributed by atoms with Gasteiger partial charge in [-0.25, -0.2) is 4.98 Å². The minimum atomic E-state index is -0.532. The van der Waals surface area contributed by atoms with Gasteiger partial charge in [0.25, 0.3) is 5.88 Å². The first-order valence-corrected chi connectivity index (χ1v) is 6.60. The Labute approximate surface area is 119 Å². The van der Waals surface area contributed by atoms with Gasteiger partial charge in [0.2, 0.25) is 5.82 Å². The molecular weight excluding hydrogens is 313 g/mol. The molecule has 0 radical (unpaired) electrons. The van der Waals surface area contributed by atoms with Gasteiger partial charge < -0.3 is 10.5 Å². The van der Waals surface area contributed by atoms with Crippen LogP contribution in [-0.2, 0) is 13.0 Å². The first-order chi connectivity index (χ1) is 9.15. The standard InChI is InChI=1S/C13H13BrFN3O/c1-2-10-12(15)13(18-7-17-10)19-11-4-3-9(14)5-8(11)6-16/h3-5,7H,2,6,16H2,1H3. The summed E-state index contributed by atoms with van der Waals surface area (Å²) in [5.41, 5.74) is 6.74. The molecule has 0 bridgehead atoms. The van der Waals surface area contributed by atoms with Crippen molar-refractivity contribution >= 4 is 15.9 Å². The van der Waals surface area contributed by atoms with Gasteiger partial charge in [0.15, 0.2) is 0 Å². The van der Waals surface area contributed by atoms with Gasteiger partial charge in [-0.05, 0) is 24.6 Å². The van der Waals surface area contributed by atoms with E-state index >= 15 is 0 Å². The highest BCUT2D eigenvalue weighted by Crippen LogP contribution is 2.28. The van der Waals surface area contributed by atoms with Gasteiger partial charge in [0, 0.05) is 16.6 Å². The zero-order valence-electron chi connectivity index (χ0n) is 10.4. The fourth-order valence-electron chi connectivity index (χ4n) is 1.62. The van der Waals surface area contributed by atoms with Crippen molar-refractivity contribution in [2.75, 3.05) is 0 Å². The molecule has 0 amide bonds. The Morgan fingerprint density at radius 2 is 2.16 bits per heavy atom. The van der Waals surface area contributed by atoms with Crippen molar-refractivity contribution in [3.8, 4) is 11.6 Å². The normalized spacial score (nSPS) is 10.5. The second-order valence-electron chi connectivity index (χ2n) is 3.85. The van der Waals surface area contributed by atoms with Crippen LogP contribution in [0.3, 0.4) is 0 Å². The van der Waals surface area contributed by atoms with Crippen molar-refractivity contribution < 1.29 is 9.13 Å². The van der Waals surface area contributed by atoms with Crippen LogP contribution in [0.4, 0.5) is 4.39 Å². The van der Waals surface area contributed by atoms with Gasteiger partial charge in [-0.2, -0.15) is 9.37 Å². The van der Waals surface area contributed by atoms with Crippen LogP contribution >= 0.6 is 15.9 Å². The lowest BCUT2D eigenvalue weighted by atomic mass is 10.2. The van der Waals surface area contributed by atoms with Crippen molar-refractivity contribution in [3.05, 3.63) is 46.1 Å². The predicted molar refractivity (Wildman–Crippen MR) is 73.5 cm³/mol. The summed E-state index contributed by atoms with van der Waals surface area (Å²) >= 11 is 3.35. The topological polar surface area (TPSA) is 61.0 Å². The number of hydrogen-bond donors (Lipinski definition) is 1. The molecule has 6 heteroatoms. The third kappa shape index (κ3) is 3.08. The summed E-state index contributed by atoms with van der Waals surface area (Å²) in [7, 11) is 0. The highest BCUT2D eigenvalue weighted by Gasteiger charge is 2.13. The van der Waals surface area contributed by atoms with Gasteiger partial charge in [0.05, 0.1) is 5.69 Å². The van der Waals surface area contributed by atoms with Crippen LogP contribution in [0.1, 0.15) is 18.2 Å². The van der Waals surface area contributed by atoms with E-state index in [1.165, 1.54) is 6.33 Å². The van der Waals surface area contributed by atoms with Crippen LogP contribution in [0.2, 0.25) is 0 Å². The lowest BCUT2D eigenvalue weighted by molar-refractivity contribution is 0.411. The molecule has 0 atom stereocenters. The first-order valence-electron chi connectivity index (χ1n) is 5.81. The van der Waals surface area contributed by atoms with E-state index in [0.717, 1.165) is 10.0 Å². The zero-order chi connectivity index (χ0) is 13.8. The molecule has 2 rings (SSSR count). The maximum atomic E-state index is 14.0. The average Bonchev–Trinajstić information content (AvgIpc) is 2.42. The van der Waals surface area contributed by atoms with Crippen LogP contribution in [0.25, 0.3) is 0 Å². The molecule has 19 heavy (non-hydrogen) atoms. The van der Waals surface area contributed by atoms with Gasteiger partial charge >= 0.3 is 0 Å². The van der Waals surface area contributed by atoms with Crippen LogP contribution < -0.4 is 10.5 Å². The van der Waals surface area contributed by atoms with Crippen molar-refractivity contribution in [2.24, 2.45) is 5.73 Å². The fourth-order valence-corrected chi connectivity index (χ4v) is 2.03. The molecule has 1 aromatic carbocycles. The Morgan fingerprint density at radius 1 is 1.37 bits per heavy atom. The number of hydrogen-bond acceptors (Lipinski definition) is 4. The first kappa shape index (κ1) is 13.9. The summed E-state index contributed by atoms with van der Waals surface area (Å²) in [5, 5.41) is 0. The number of aromatic nitrogens is 2. The van der Waals surface area contributed by atoms with Gasteiger partial charge in [0.1, 0.15) is 12.1 Å². The van der Waals surface area contributed by atoms with E-state index in [0.29, 0.717) is 24.4 Å². The fraction of sp³-hybridized carbons (Fsp3) is 0.231. The Kier molecular flexibility index (Phi) is 4.44. The molecule has 0 fully saturated rings. The van der Waals surface area contributed by atoms with Gasteiger partial charge in [-0.1, -0.05) is 22.9 Å². The van der Waals surface area contributed by atoms with E-state index in [2.05, 4.69) is 25.9 Å². The quantitative estimate of drug-likeness (QED) is 0.937.